The normalized spacial score (nSPS) is 20.3. The largest absolute Gasteiger partial charge is 0.490 e. The number of rotatable bonds is 5. The number of carbonyl (C=O) groups excluding carboxylic acids is 1. The number of ether oxygens (including phenoxy) is 1. The van der Waals surface area contributed by atoms with Crippen LogP contribution in [-0.2, 0) is 6.54 Å². The van der Waals surface area contributed by atoms with E-state index in [1.807, 2.05) is 0 Å². The third-order valence-corrected chi connectivity index (χ3v) is 6.62. The number of amides is 1. The van der Waals surface area contributed by atoms with Crippen molar-refractivity contribution in [3.8, 4) is 5.75 Å². The highest BCUT2D eigenvalue weighted by molar-refractivity contribution is 5.99. The van der Waals surface area contributed by atoms with E-state index in [4.69, 9.17) is 4.74 Å². The number of alkyl halides is 5. The Morgan fingerprint density at radius 3 is 2.47 bits per heavy atom. The molecule has 0 N–H and O–H groups in total. The topological polar surface area (TPSA) is 37.7 Å². The number of halogens is 5. The van der Waals surface area contributed by atoms with Crippen LogP contribution in [0.5, 0.6) is 5.75 Å². The van der Waals surface area contributed by atoms with Gasteiger partial charge in [-0.05, 0) is 57.4 Å². The molecule has 34 heavy (non-hydrogen) atoms. The molecule has 3 heterocycles. The molecule has 1 aromatic carbocycles. The molecule has 188 valence electrons. The molecule has 2 saturated heterocycles. The minimum absolute atomic E-state index is 0.00129. The van der Waals surface area contributed by atoms with E-state index in [0.717, 1.165) is 35.4 Å². The molecule has 0 radical (unpaired) electrons. The van der Waals surface area contributed by atoms with Gasteiger partial charge in [0, 0.05) is 43.0 Å². The van der Waals surface area contributed by atoms with Crippen LogP contribution >= 0.6 is 0 Å². The highest BCUT2D eigenvalue weighted by Gasteiger charge is 2.39. The quantitative estimate of drug-likeness (QED) is 0.536. The zero-order valence-corrected chi connectivity index (χ0v) is 19.4. The number of piperidine rings is 2. The molecule has 2 aromatic rings. The molecule has 0 saturated carbocycles. The van der Waals surface area contributed by atoms with Crippen LogP contribution in [0.1, 0.15) is 50.0 Å². The van der Waals surface area contributed by atoms with E-state index >= 15 is 0 Å². The molecular weight excluding hydrogens is 457 g/mol. The van der Waals surface area contributed by atoms with Crippen molar-refractivity contribution >= 4 is 16.8 Å². The number of nitrogens with zero attached hydrogens (tertiary/aromatic N) is 3. The van der Waals surface area contributed by atoms with Crippen molar-refractivity contribution in [2.45, 2.75) is 70.3 Å². The van der Waals surface area contributed by atoms with E-state index in [-0.39, 0.29) is 36.7 Å². The van der Waals surface area contributed by atoms with Crippen molar-refractivity contribution in [3.63, 3.8) is 0 Å². The van der Waals surface area contributed by atoms with Crippen molar-refractivity contribution < 1.29 is 31.5 Å². The van der Waals surface area contributed by atoms with Crippen molar-refractivity contribution in [2.24, 2.45) is 0 Å². The van der Waals surface area contributed by atoms with Crippen LogP contribution < -0.4 is 4.74 Å². The third kappa shape index (κ3) is 5.64. The SMILES string of the molecule is CC(C)N1CCC(Oc2ccc3c(c2)cc(C(=O)N2CCCC(F)(F)C2)n3CC(F)(F)F)CC1. The summed E-state index contributed by atoms with van der Waals surface area (Å²) >= 11 is 0. The minimum Gasteiger partial charge on any atom is -0.490 e. The van der Waals surface area contributed by atoms with Gasteiger partial charge in [0.25, 0.3) is 11.8 Å². The number of carbonyl (C=O) groups is 1. The van der Waals surface area contributed by atoms with Crippen LogP contribution in [0, 0.1) is 0 Å². The molecule has 0 bridgehead atoms. The number of fused-ring (bicyclic) bond motifs is 1. The lowest BCUT2D eigenvalue weighted by atomic mass is 10.1. The Bertz CT molecular complexity index is 1030. The third-order valence-electron chi connectivity index (χ3n) is 6.62. The lowest BCUT2D eigenvalue weighted by molar-refractivity contribution is -0.140. The van der Waals surface area contributed by atoms with Crippen LogP contribution in [0.3, 0.4) is 0 Å². The average Bonchev–Trinajstić information content (AvgIpc) is 3.09. The Morgan fingerprint density at radius 1 is 1.15 bits per heavy atom. The fourth-order valence-electron chi connectivity index (χ4n) is 4.85. The van der Waals surface area contributed by atoms with Crippen molar-refractivity contribution in [3.05, 3.63) is 30.0 Å². The standard InChI is InChI=1S/C24H30F5N3O2/c1-16(2)30-10-6-18(7-11-30)34-19-4-5-20-17(12-19)13-21(32(20)15-24(27,28)29)22(33)31-9-3-8-23(25,26)14-31/h4-5,12-13,16,18H,3,6-11,14-15H2,1-2H3. The zero-order chi connectivity index (χ0) is 24.7. The lowest BCUT2D eigenvalue weighted by Crippen LogP contribution is -2.46. The van der Waals surface area contributed by atoms with Crippen LogP contribution in [0.25, 0.3) is 10.9 Å². The lowest BCUT2D eigenvalue weighted by Gasteiger charge is -2.34. The van der Waals surface area contributed by atoms with Gasteiger partial charge in [0.1, 0.15) is 24.1 Å². The minimum atomic E-state index is -4.58. The average molecular weight is 488 g/mol. The molecule has 0 spiro atoms. The predicted octanol–water partition coefficient (Wildman–Crippen LogP) is 5.33. The second kappa shape index (κ2) is 9.36. The molecule has 1 amide bonds. The van der Waals surface area contributed by atoms with Crippen LogP contribution in [0.2, 0.25) is 0 Å². The molecule has 0 atom stereocenters. The van der Waals surface area contributed by atoms with E-state index < -0.39 is 31.1 Å². The summed E-state index contributed by atoms with van der Waals surface area (Å²) in [6.45, 7) is 4.02. The maximum atomic E-state index is 13.9. The van der Waals surface area contributed by atoms with E-state index in [0.29, 0.717) is 17.2 Å². The van der Waals surface area contributed by atoms with Gasteiger partial charge in [0.2, 0.25) is 0 Å². The van der Waals surface area contributed by atoms with Gasteiger partial charge in [-0.25, -0.2) is 8.78 Å². The van der Waals surface area contributed by atoms with Gasteiger partial charge >= 0.3 is 6.18 Å². The Kier molecular flexibility index (Phi) is 6.81. The second-order valence-corrected chi connectivity index (χ2v) is 9.58. The monoisotopic (exact) mass is 487 g/mol. The van der Waals surface area contributed by atoms with E-state index in [1.54, 1.807) is 12.1 Å². The first-order chi connectivity index (χ1) is 15.9. The van der Waals surface area contributed by atoms with Gasteiger partial charge < -0.3 is 19.1 Å². The molecule has 2 aliphatic rings. The number of benzene rings is 1. The van der Waals surface area contributed by atoms with Gasteiger partial charge in [0.05, 0.1) is 6.54 Å². The van der Waals surface area contributed by atoms with Crippen molar-refractivity contribution in [1.82, 2.24) is 14.4 Å². The van der Waals surface area contributed by atoms with Gasteiger partial charge in [0.15, 0.2) is 0 Å². The maximum Gasteiger partial charge on any atom is 0.406 e. The fourth-order valence-corrected chi connectivity index (χ4v) is 4.85. The molecule has 0 unspecified atom stereocenters. The molecule has 5 nitrogen and oxygen atoms in total. The predicted molar refractivity (Wildman–Crippen MR) is 118 cm³/mol. The van der Waals surface area contributed by atoms with Gasteiger partial charge in [-0.15, -0.1) is 0 Å². The van der Waals surface area contributed by atoms with Gasteiger partial charge in [-0.1, -0.05) is 0 Å². The first-order valence-corrected chi connectivity index (χ1v) is 11.7. The molecular formula is C24H30F5N3O2. The summed E-state index contributed by atoms with van der Waals surface area (Å²) in [6, 6.07) is 6.54. The van der Waals surface area contributed by atoms with Crippen LogP contribution in [0.15, 0.2) is 24.3 Å². The van der Waals surface area contributed by atoms with E-state index in [2.05, 4.69) is 18.7 Å². The van der Waals surface area contributed by atoms with Crippen LogP contribution in [0.4, 0.5) is 22.0 Å². The summed E-state index contributed by atoms with van der Waals surface area (Å²) in [7, 11) is 0. The van der Waals surface area contributed by atoms with Crippen LogP contribution in [-0.4, -0.2) is 70.7 Å². The van der Waals surface area contributed by atoms with Gasteiger partial charge in [-0.2, -0.15) is 13.2 Å². The molecule has 4 rings (SSSR count). The Labute approximate surface area is 195 Å². The van der Waals surface area contributed by atoms with Gasteiger partial charge in [-0.3, -0.25) is 4.79 Å². The zero-order valence-electron chi connectivity index (χ0n) is 19.4. The molecule has 2 aliphatic heterocycles. The number of hydrogen-bond acceptors (Lipinski definition) is 3. The summed E-state index contributed by atoms with van der Waals surface area (Å²) in [6.07, 6.45) is -3.12. The van der Waals surface area contributed by atoms with E-state index in [1.165, 1.54) is 12.1 Å². The second-order valence-electron chi connectivity index (χ2n) is 9.58. The van der Waals surface area contributed by atoms with Crippen molar-refractivity contribution in [2.75, 3.05) is 26.2 Å². The molecule has 1 aromatic heterocycles. The summed E-state index contributed by atoms with van der Waals surface area (Å²) in [5, 5.41) is 0.411. The van der Waals surface area contributed by atoms with Crippen molar-refractivity contribution in [1.29, 1.82) is 0 Å². The highest BCUT2D eigenvalue weighted by Crippen LogP contribution is 2.32. The fraction of sp³-hybridized carbons (Fsp3) is 0.625. The molecule has 2 fully saturated rings. The Morgan fingerprint density at radius 2 is 1.85 bits per heavy atom. The smallest absolute Gasteiger partial charge is 0.406 e. The Balaban J connectivity index is 1.59. The summed E-state index contributed by atoms with van der Waals surface area (Å²) in [4.78, 5) is 16.3. The number of aromatic nitrogens is 1. The van der Waals surface area contributed by atoms with E-state index in [9.17, 15) is 26.7 Å². The maximum absolute atomic E-state index is 13.9. The summed E-state index contributed by atoms with van der Waals surface area (Å²) < 4.78 is 74.7. The first-order valence-electron chi connectivity index (χ1n) is 11.7. The highest BCUT2D eigenvalue weighted by atomic mass is 19.4. The first kappa shape index (κ1) is 24.8. The molecule has 0 aliphatic carbocycles. The Hall–Kier alpha value is -2.36. The summed E-state index contributed by atoms with van der Waals surface area (Å²) in [5.74, 6) is -3.34. The number of likely N-dealkylation sites (tertiary alicyclic amines) is 2. The summed E-state index contributed by atoms with van der Waals surface area (Å²) in [5.41, 5.74) is -0.0289. The number of hydrogen-bond donors (Lipinski definition) is 0. The molecule has 10 heteroatoms.